The van der Waals surface area contributed by atoms with E-state index in [2.05, 4.69) is 28.4 Å². The molecule has 0 saturated carbocycles. The van der Waals surface area contributed by atoms with Crippen molar-refractivity contribution in [2.45, 2.75) is 66.1 Å². The van der Waals surface area contributed by atoms with Crippen LogP contribution >= 0.6 is 11.8 Å². The predicted molar refractivity (Wildman–Crippen MR) is 108 cm³/mol. The summed E-state index contributed by atoms with van der Waals surface area (Å²) < 4.78 is 7.25. The van der Waals surface area contributed by atoms with Crippen LogP contribution in [0.25, 0.3) is 0 Å². The Labute approximate surface area is 165 Å². The van der Waals surface area contributed by atoms with Crippen molar-refractivity contribution < 1.29 is 14.3 Å². The number of imidazole rings is 1. The third kappa shape index (κ3) is 4.64. The van der Waals surface area contributed by atoms with Gasteiger partial charge in [0.1, 0.15) is 5.69 Å². The predicted octanol–water partition coefficient (Wildman–Crippen LogP) is 4.40. The molecule has 2 aromatic heterocycles. The van der Waals surface area contributed by atoms with Crippen LogP contribution in [0.3, 0.4) is 0 Å². The molecule has 2 aromatic rings. The fourth-order valence-corrected chi connectivity index (χ4v) is 4.08. The molecule has 0 aromatic carbocycles. The van der Waals surface area contributed by atoms with Crippen molar-refractivity contribution >= 4 is 23.5 Å². The van der Waals surface area contributed by atoms with Gasteiger partial charge in [0.05, 0.1) is 18.1 Å². The number of Topliss-reactive ketones (excluding diaryl/α,β-unsaturated/α-hetero) is 1. The number of ketones is 1. The van der Waals surface area contributed by atoms with E-state index in [0.717, 1.165) is 35.9 Å². The fraction of sp³-hybridized carbons (Fsp3) is 0.550. The van der Waals surface area contributed by atoms with E-state index in [1.165, 1.54) is 11.8 Å². The third-order valence-electron chi connectivity index (χ3n) is 4.69. The van der Waals surface area contributed by atoms with Gasteiger partial charge in [0.15, 0.2) is 10.9 Å². The first kappa shape index (κ1) is 21.3. The first-order chi connectivity index (χ1) is 12.8. The van der Waals surface area contributed by atoms with Crippen molar-refractivity contribution in [3.63, 3.8) is 0 Å². The number of aromatic nitrogens is 3. The number of aromatic amines is 1. The number of aryl methyl sites for hydroxylation is 2. The number of rotatable bonds is 9. The van der Waals surface area contributed by atoms with E-state index >= 15 is 0 Å². The highest BCUT2D eigenvalue weighted by molar-refractivity contribution is 7.99. The number of thioether (sulfide) groups is 1. The van der Waals surface area contributed by atoms with Gasteiger partial charge in [-0.3, -0.25) is 4.79 Å². The molecule has 7 heteroatoms. The molecule has 1 N–H and O–H groups in total. The Morgan fingerprint density at radius 2 is 1.89 bits per heavy atom. The summed E-state index contributed by atoms with van der Waals surface area (Å²) >= 11 is 1.45. The quantitative estimate of drug-likeness (QED) is 0.389. The lowest BCUT2D eigenvalue weighted by Crippen LogP contribution is -2.09. The number of carbonyl (C=O) groups is 2. The molecule has 0 unspecified atom stereocenters. The van der Waals surface area contributed by atoms with Crippen LogP contribution in [0.15, 0.2) is 5.16 Å². The van der Waals surface area contributed by atoms with Gasteiger partial charge < -0.3 is 14.3 Å². The van der Waals surface area contributed by atoms with Crippen LogP contribution < -0.4 is 0 Å². The van der Waals surface area contributed by atoms with Crippen molar-refractivity contribution in [3.05, 3.63) is 33.9 Å². The maximum absolute atomic E-state index is 12.8. The number of nitrogens with zero attached hydrogens (tertiary/aromatic N) is 2. The van der Waals surface area contributed by atoms with E-state index in [9.17, 15) is 9.59 Å². The first-order valence-electron chi connectivity index (χ1n) is 9.37. The highest BCUT2D eigenvalue weighted by Gasteiger charge is 2.23. The molecule has 2 rings (SSSR count). The van der Waals surface area contributed by atoms with Crippen molar-refractivity contribution in [1.29, 1.82) is 0 Å². The van der Waals surface area contributed by atoms with E-state index in [0.29, 0.717) is 29.1 Å². The molecular formula is C20H29N3O3S. The van der Waals surface area contributed by atoms with Gasteiger partial charge in [-0.05, 0) is 46.6 Å². The molecule has 0 saturated heterocycles. The monoisotopic (exact) mass is 391 g/mol. The molecule has 27 heavy (non-hydrogen) atoms. The number of esters is 1. The molecule has 0 spiro atoms. The van der Waals surface area contributed by atoms with Crippen LogP contribution in [-0.2, 0) is 11.3 Å². The van der Waals surface area contributed by atoms with Crippen molar-refractivity contribution in [2.75, 3.05) is 12.4 Å². The second-order valence-electron chi connectivity index (χ2n) is 6.63. The SMILES string of the molecule is CCCCn1c(SCC(=O)c2c(C)[nH]c(C(=O)OCC)c2C)nc(C)c1C. The van der Waals surface area contributed by atoms with E-state index in [-0.39, 0.29) is 11.5 Å². The molecule has 0 fully saturated rings. The maximum Gasteiger partial charge on any atom is 0.355 e. The molecular weight excluding hydrogens is 362 g/mol. The molecule has 0 amide bonds. The van der Waals surface area contributed by atoms with E-state index in [1.807, 2.05) is 13.8 Å². The highest BCUT2D eigenvalue weighted by Crippen LogP contribution is 2.25. The molecule has 2 heterocycles. The summed E-state index contributed by atoms with van der Waals surface area (Å²) in [7, 11) is 0. The number of carbonyl (C=O) groups excluding carboxylic acids is 2. The molecule has 6 nitrogen and oxygen atoms in total. The lowest BCUT2D eigenvalue weighted by atomic mass is 10.1. The number of hydrogen-bond donors (Lipinski definition) is 1. The second kappa shape index (κ2) is 9.26. The molecule has 0 aliphatic heterocycles. The van der Waals surface area contributed by atoms with E-state index < -0.39 is 5.97 Å². The van der Waals surface area contributed by atoms with Gasteiger partial charge in [-0.25, -0.2) is 9.78 Å². The molecule has 0 bridgehead atoms. The van der Waals surface area contributed by atoms with E-state index in [1.54, 1.807) is 13.8 Å². The first-order valence-corrected chi connectivity index (χ1v) is 10.4. The zero-order valence-corrected chi connectivity index (χ0v) is 17.9. The van der Waals surface area contributed by atoms with Gasteiger partial charge in [-0.15, -0.1) is 0 Å². The summed E-state index contributed by atoms with van der Waals surface area (Å²) in [6.45, 7) is 12.8. The Hall–Kier alpha value is -2.02. The molecule has 148 valence electrons. The fourth-order valence-electron chi connectivity index (χ4n) is 3.09. The van der Waals surface area contributed by atoms with Crippen LogP contribution in [0.4, 0.5) is 0 Å². The van der Waals surface area contributed by atoms with Gasteiger partial charge in [0.2, 0.25) is 0 Å². The summed E-state index contributed by atoms with van der Waals surface area (Å²) in [4.78, 5) is 32.5. The van der Waals surface area contributed by atoms with Crippen LogP contribution in [-0.4, -0.2) is 38.6 Å². The minimum atomic E-state index is -0.425. The Balaban J connectivity index is 2.17. The summed E-state index contributed by atoms with van der Waals surface area (Å²) in [5.41, 5.74) is 4.43. The van der Waals surface area contributed by atoms with Crippen LogP contribution in [0, 0.1) is 27.7 Å². The maximum atomic E-state index is 12.8. The normalized spacial score (nSPS) is 11.0. The third-order valence-corrected chi connectivity index (χ3v) is 5.66. The van der Waals surface area contributed by atoms with Crippen LogP contribution in [0.2, 0.25) is 0 Å². The van der Waals surface area contributed by atoms with Gasteiger partial charge in [-0.1, -0.05) is 25.1 Å². The lowest BCUT2D eigenvalue weighted by molar-refractivity contribution is 0.0519. The Bertz CT molecular complexity index is 836. The Morgan fingerprint density at radius 3 is 2.52 bits per heavy atom. The largest absolute Gasteiger partial charge is 0.461 e. The van der Waals surface area contributed by atoms with Gasteiger partial charge in [-0.2, -0.15) is 0 Å². The zero-order valence-electron chi connectivity index (χ0n) is 17.1. The van der Waals surface area contributed by atoms with Crippen molar-refractivity contribution in [1.82, 2.24) is 14.5 Å². The van der Waals surface area contributed by atoms with Crippen LogP contribution in [0.1, 0.15) is 70.2 Å². The standard InChI is InChI=1S/C20H29N3O3S/c1-7-9-10-23-15(6)13(4)22-20(23)27-11-16(24)17-12(3)18(21-14(17)5)19(25)26-8-2/h21H,7-11H2,1-6H3. The Kier molecular flexibility index (Phi) is 7.30. The minimum absolute atomic E-state index is 0.0119. The summed E-state index contributed by atoms with van der Waals surface area (Å²) in [6, 6.07) is 0. The van der Waals surface area contributed by atoms with Gasteiger partial charge in [0.25, 0.3) is 0 Å². The lowest BCUT2D eigenvalue weighted by Gasteiger charge is -2.09. The second-order valence-corrected chi connectivity index (χ2v) is 7.57. The highest BCUT2D eigenvalue weighted by atomic mass is 32.2. The van der Waals surface area contributed by atoms with Gasteiger partial charge >= 0.3 is 5.97 Å². The molecule has 0 aliphatic carbocycles. The number of unbranched alkanes of at least 4 members (excludes halogenated alkanes) is 1. The van der Waals surface area contributed by atoms with E-state index in [4.69, 9.17) is 4.74 Å². The van der Waals surface area contributed by atoms with Crippen molar-refractivity contribution in [2.24, 2.45) is 0 Å². The number of ether oxygens (including phenoxy) is 1. The average Bonchev–Trinajstić information content (AvgIpc) is 3.07. The molecule has 0 atom stereocenters. The topological polar surface area (TPSA) is 77.0 Å². The number of hydrogen-bond acceptors (Lipinski definition) is 5. The van der Waals surface area contributed by atoms with Crippen molar-refractivity contribution in [3.8, 4) is 0 Å². The number of nitrogens with one attached hydrogen (secondary N) is 1. The van der Waals surface area contributed by atoms with Crippen LogP contribution in [0.5, 0.6) is 0 Å². The minimum Gasteiger partial charge on any atom is -0.461 e. The summed E-state index contributed by atoms with van der Waals surface area (Å²) in [5, 5.41) is 0.878. The zero-order chi connectivity index (χ0) is 20.1. The smallest absolute Gasteiger partial charge is 0.355 e. The molecule has 0 radical (unpaired) electrons. The Morgan fingerprint density at radius 1 is 1.19 bits per heavy atom. The summed E-state index contributed by atoms with van der Waals surface area (Å²) in [5.74, 6) is -0.155. The van der Waals surface area contributed by atoms with Gasteiger partial charge in [0, 0.05) is 23.5 Å². The average molecular weight is 392 g/mol. The number of H-pyrrole nitrogens is 1. The summed E-state index contributed by atoms with van der Waals surface area (Å²) in [6.07, 6.45) is 2.19. The molecule has 0 aliphatic rings.